The molecule has 0 amide bonds. The number of hydrogen-bond acceptors (Lipinski definition) is 3. The van der Waals surface area contributed by atoms with Crippen molar-refractivity contribution in [3.8, 4) is 0 Å². The van der Waals surface area contributed by atoms with Gasteiger partial charge in [-0.2, -0.15) is 0 Å². The zero-order valence-corrected chi connectivity index (χ0v) is 15.5. The Labute approximate surface area is 159 Å². The summed E-state index contributed by atoms with van der Waals surface area (Å²) in [6.07, 6.45) is 4.53. The van der Waals surface area contributed by atoms with Crippen LogP contribution in [0.2, 0.25) is 0 Å². The third-order valence-corrected chi connectivity index (χ3v) is 6.06. The number of H-pyrrole nitrogens is 1. The minimum absolute atomic E-state index is 0.339. The molecule has 138 valence electrons. The SMILES string of the molecule is O=C1CCNc2c(cccc2C2CCN(Cc3c[nH]c4ccccc34)C2)C1. The van der Waals surface area contributed by atoms with Crippen LogP contribution in [-0.4, -0.2) is 35.3 Å². The van der Waals surface area contributed by atoms with Crippen molar-refractivity contribution in [2.24, 2.45) is 0 Å². The van der Waals surface area contributed by atoms with Crippen LogP contribution in [0.3, 0.4) is 0 Å². The Morgan fingerprint density at radius 2 is 2.04 bits per heavy atom. The number of likely N-dealkylation sites (tertiary alicyclic amines) is 1. The van der Waals surface area contributed by atoms with Crippen molar-refractivity contribution < 1.29 is 4.79 Å². The maximum atomic E-state index is 12.0. The van der Waals surface area contributed by atoms with Crippen LogP contribution in [0.25, 0.3) is 10.9 Å². The molecular weight excluding hydrogens is 334 g/mol. The molecule has 3 aromatic rings. The number of Topliss-reactive ketones (excluding diaryl/α,β-unsaturated/α-hetero) is 1. The molecule has 0 bridgehead atoms. The maximum Gasteiger partial charge on any atom is 0.139 e. The average molecular weight is 359 g/mol. The van der Waals surface area contributed by atoms with Gasteiger partial charge in [-0.25, -0.2) is 0 Å². The van der Waals surface area contributed by atoms with Gasteiger partial charge < -0.3 is 10.3 Å². The van der Waals surface area contributed by atoms with Gasteiger partial charge in [-0.05, 0) is 41.6 Å². The molecule has 1 atom stereocenters. The molecule has 1 saturated heterocycles. The van der Waals surface area contributed by atoms with Crippen molar-refractivity contribution in [3.63, 3.8) is 0 Å². The van der Waals surface area contributed by atoms with Gasteiger partial charge in [0.25, 0.3) is 0 Å². The number of fused-ring (bicyclic) bond motifs is 2. The Hall–Kier alpha value is -2.59. The van der Waals surface area contributed by atoms with Gasteiger partial charge in [0, 0.05) is 55.3 Å². The van der Waals surface area contributed by atoms with Crippen molar-refractivity contribution >= 4 is 22.4 Å². The van der Waals surface area contributed by atoms with E-state index in [-0.39, 0.29) is 0 Å². The summed E-state index contributed by atoms with van der Waals surface area (Å²) in [5.41, 5.74) is 6.38. The molecule has 27 heavy (non-hydrogen) atoms. The highest BCUT2D eigenvalue weighted by atomic mass is 16.1. The van der Waals surface area contributed by atoms with E-state index in [1.807, 2.05) is 0 Å². The third-order valence-electron chi connectivity index (χ3n) is 6.06. The zero-order chi connectivity index (χ0) is 18.2. The van der Waals surface area contributed by atoms with Crippen LogP contribution in [0.4, 0.5) is 5.69 Å². The standard InChI is InChI=1S/C23H25N3O/c27-19-8-10-24-23-16(12-19)4-3-6-21(23)17-9-11-26(14-17)15-18-13-25-22-7-2-1-5-20(18)22/h1-7,13,17,24-25H,8-12,14-15H2. The number of nitrogens with zero attached hydrogens (tertiary/aromatic N) is 1. The molecule has 1 fully saturated rings. The fourth-order valence-corrected chi connectivity index (χ4v) is 4.68. The highest BCUT2D eigenvalue weighted by Crippen LogP contribution is 2.36. The van der Waals surface area contributed by atoms with Gasteiger partial charge >= 0.3 is 0 Å². The lowest BCUT2D eigenvalue weighted by Crippen LogP contribution is -2.20. The Morgan fingerprint density at radius 3 is 3.00 bits per heavy atom. The van der Waals surface area contributed by atoms with E-state index in [9.17, 15) is 4.79 Å². The number of hydrogen-bond donors (Lipinski definition) is 2. The Balaban J connectivity index is 1.35. The average Bonchev–Trinajstić information content (AvgIpc) is 3.25. The number of rotatable bonds is 3. The first-order valence-corrected chi connectivity index (χ1v) is 9.92. The molecule has 0 spiro atoms. The van der Waals surface area contributed by atoms with E-state index in [0.717, 1.165) is 26.2 Å². The lowest BCUT2D eigenvalue weighted by Gasteiger charge is -2.19. The van der Waals surface area contributed by atoms with E-state index >= 15 is 0 Å². The molecule has 0 saturated carbocycles. The summed E-state index contributed by atoms with van der Waals surface area (Å²) in [6, 6.07) is 15.0. The first-order valence-electron chi connectivity index (χ1n) is 9.92. The van der Waals surface area contributed by atoms with Crippen LogP contribution in [0, 0.1) is 0 Å². The summed E-state index contributed by atoms with van der Waals surface area (Å²) in [4.78, 5) is 17.9. The van der Waals surface area contributed by atoms with Crippen molar-refractivity contribution in [1.82, 2.24) is 9.88 Å². The minimum Gasteiger partial charge on any atom is -0.384 e. The number of anilines is 1. The van der Waals surface area contributed by atoms with Crippen molar-refractivity contribution in [3.05, 3.63) is 65.4 Å². The monoisotopic (exact) mass is 359 g/mol. The molecule has 2 aliphatic heterocycles. The number of para-hydroxylation sites is 2. The predicted molar refractivity (Wildman–Crippen MR) is 109 cm³/mol. The second-order valence-corrected chi connectivity index (χ2v) is 7.85. The highest BCUT2D eigenvalue weighted by molar-refractivity contribution is 5.85. The zero-order valence-electron chi connectivity index (χ0n) is 15.5. The van der Waals surface area contributed by atoms with Crippen LogP contribution in [0.15, 0.2) is 48.7 Å². The van der Waals surface area contributed by atoms with E-state index < -0.39 is 0 Å². The Bertz CT molecular complexity index is 990. The maximum absolute atomic E-state index is 12.0. The molecule has 4 nitrogen and oxygen atoms in total. The van der Waals surface area contributed by atoms with Crippen LogP contribution in [0.1, 0.15) is 35.4 Å². The smallest absolute Gasteiger partial charge is 0.139 e. The molecule has 4 heteroatoms. The fourth-order valence-electron chi connectivity index (χ4n) is 4.68. The van der Waals surface area contributed by atoms with E-state index in [4.69, 9.17) is 0 Å². The largest absolute Gasteiger partial charge is 0.384 e. The number of benzene rings is 2. The molecule has 2 aromatic carbocycles. The Morgan fingerprint density at radius 1 is 1.11 bits per heavy atom. The quantitative estimate of drug-likeness (QED) is 0.741. The van der Waals surface area contributed by atoms with Gasteiger partial charge in [0.15, 0.2) is 0 Å². The van der Waals surface area contributed by atoms with E-state index in [0.29, 0.717) is 24.5 Å². The van der Waals surface area contributed by atoms with Crippen LogP contribution in [-0.2, 0) is 17.8 Å². The summed E-state index contributed by atoms with van der Waals surface area (Å²) >= 11 is 0. The lowest BCUT2D eigenvalue weighted by molar-refractivity contribution is -0.118. The van der Waals surface area contributed by atoms with Crippen LogP contribution in [0.5, 0.6) is 0 Å². The van der Waals surface area contributed by atoms with Crippen LogP contribution >= 0.6 is 0 Å². The normalized spacial score (nSPS) is 20.4. The van der Waals surface area contributed by atoms with E-state index in [1.54, 1.807) is 0 Å². The van der Waals surface area contributed by atoms with Gasteiger partial charge in [-0.15, -0.1) is 0 Å². The lowest BCUT2D eigenvalue weighted by atomic mass is 9.93. The third kappa shape index (κ3) is 3.15. The fraction of sp³-hybridized carbons (Fsp3) is 0.348. The predicted octanol–water partition coefficient (Wildman–Crippen LogP) is 4.08. The summed E-state index contributed by atoms with van der Waals surface area (Å²) in [5.74, 6) is 0.872. The number of aromatic amines is 1. The highest BCUT2D eigenvalue weighted by Gasteiger charge is 2.28. The van der Waals surface area contributed by atoms with Gasteiger partial charge in [-0.3, -0.25) is 9.69 Å². The molecule has 0 radical (unpaired) electrons. The molecular formula is C23H25N3O. The first kappa shape index (κ1) is 16.6. The number of aromatic nitrogens is 1. The summed E-state index contributed by atoms with van der Waals surface area (Å²) in [5, 5.41) is 4.87. The number of nitrogens with one attached hydrogen (secondary N) is 2. The molecule has 2 aliphatic rings. The van der Waals surface area contributed by atoms with Crippen molar-refractivity contribution in [2.75, 3.05) is 25.0 Å². The first-order chi connectivity index (χ1) is 13.3. The second-order valence-electron chi connectivity index (χ2n) is 7.85. The molecule has 3 heterocycles. The summed E-state index contributed by atoms with van der Waals surface area (Å²) in [6.45, 7) is 3.94. The molecule has 1 aromatic heterocycles. The number of ketones is 1. The molecule has 1 unspecified atom stereocenters. The number of carbonyl (C=O) groups is 1. The molecule has 0 aliphatic carbocycles. The van der Waals surface area contributed by atoms with Crippen LogP contribution < -0.4 is 5.32 Å². The van der Waals surface area contributed by atoms with E-state index in [2.05, 4.69) is 63.9 Å². The van der Waals surface area contributed by atoms with Crippen molar-refractivity contribution in [1.29, 1.82) is 0 Å². The van der Waals surface area contributed by atoms with Crippen molar-refractivity contribution in [2.45, 2.75) is 31.7 Å². The minimum atomic E-state index is 0.339. The summed E-state index contributed by atoms with van der Waals surface area (Å²) < 4.78 is 0. The summed E-state index contributed by atoms with van der Waals surface area (Å²) in [7, 11) is 0. The van der Waals surface area contributed by atoms with Gasteiger partial charge in [0.2, 0.25) is 0 Å². The Kier molecular flexibility index (Phi) is 4.21. The van der Waals surface area contributed by atoms with Gasteiger partial charge in [0.05, 0.1) is 0 Å². The number of carbonyl (C=O) groups excluding carboxylic acids is 1. The topological polar surface area (TPSA) is 48.1 Å². The van der Waals surface area contributed by atoms with Gasteiger partial charge in [-0.1, -0.05) is 36.4 Å². The molecule has 5 rings (SSSR count). The molecule has 2 N–H and O–H groups in total. The van der Waals surface area contributed by atoms with E-state index in [1.165, 1.54) is 39.7 Å². The van der Waals surface area contributed by atoms with Gasteiger partial charge in [0.1, 0.15) is 5.78 Å². The second kappa shape index (κ2) is 6.86.